The predicted octanol–water partition coefficient (Wildman–Crippen LogP) is 4.61. The van der Waals surface area contributed by atoms with Crippen molar-refractivity contribution >= 4 is 28.7 Å². The van der Waals surface area contributed by atoms with E-state index in [1.807, 2.05) is 30.3 Å². The quantitative estimate of drug-likeness (QED) is 0.372. The summed E-state index contributed by atoms with van der Waals surface area (Å²) in [6, 6.07) is 14.2. The molecule has 0 saturated carbocycles. The number of H-pyrrole nitrogens is 1. The van der Waals surface area contributed by atoms with E-state index in [2.05, 4.69) is 18.0 Å². The first kappa shape index (κ1) is 24.1. The number of aromatic nitrogens is 1. The SMILES string of the molecule is CCCCCCCN1CC(=O)N2C(Cc3c([nH]c4ccccc34)C2c2ccc(C(=O)OC)cc2)C1=O. The second-order valence-electron chi connectivity index (χ2n) is 9.77. The number of nitrogens with zero attached hydrogens (tertiary/aromatic N) is 2. The minimum Gasteiger partial charge on any atom is -0.465 e. The van der Waals surface area contributed by atoms with Crippen LogP contribution in [0.5, 0.6) is 0 Å². The number of benzene rings is 2. The van der Waals surface area contributed by atoms with E-state index in [4.69, 9.17) is 4.74 Å². The first-order valence-corrected chi connectivity index (χ1v) is 12.9. The van der Waals surface area contributed by atoms with E-state index in [-0.39, 0.29) is 18.4 Å². The van der Waals surface area contributed by atoms with Crippen molar-refractivity contribution < 1.29 is 19.1 Å². The molecule has 0 bridgehead atoms. The molecule has 0 radical (unpaired) electrons. The van der Waals surface area contributed by atoms with Gasteiger partial charge < -0.3 is 19.5 Å². The molecule has 5 rings (SSSR count). The Balaban J connectivity index is 1.51. The minimum atomic E-state index is -0.543. The third-order valence-corrected chi connectivity index (χ3v) is 7.52. The zero-order chi connectivity index (χ0) is 25.2. The average molecular weight is 488 g/mol. The molecule has 188 valence electrons. The maximum Gasteiger partial charge on any atom is 0.337 e. The highest BCUT2D eigenvalue weighted by atomic mass is 16.5. The van der Waals surface area contributed by atoms with Gasteiger partial charge in [-0.05, 0) is 35.7 Å². The molecule has 0 spiro atoms. The van der Waals surface area contributed by atoms with Gasteiger partial charge in [-0.25, -0.2) is 4.79 Å². The number of unbranched alkanes of at least 4 members (excludes halogenated alkanes) is 4. The summed E-state index contributed by atoms with van der Waals surface area (Å²) in [5.74, 6) is -0.426. The number of carbonyl (C=O) groups excluding carboxylic acids is 3. The summed E-state index contributed by atoms with van der Waals surface area (Å²) in [5.41, 5.74) is 4.31. The van der Waals surface area contributed by atoms with Crippen molar-refractivity contribution in [2.75, 3.05) is 20.2 Å². The lowest BCUT2D eigenvalue weighted by atomic mass is 9.86. The summed E-state index contributed by atoms with van der Waals surface area (Å²) in [6.07, 6.45) is 6.01. The maximum absolute atomic E-state index is 13.7. The van der Waals surface area contributed by atoms with E-state index < -0.39 is 18.1 Å². The summed E-state index contributed by atoms with van der Waals surface area (Å²) in [4.78, 5) is 46.3. The highest BCUT2D eigenvalue weighted by Crippen LogP contribution is 2.42. The molecule has 3 aromatic rings. The number of piperazine rings is 1. The van der Waals surface area contributed by atoms with Gasteiger partial charge in [-0.2, -0.15) is 0 Å². The number of nitrogens with one attached hydrogen (secondary N) is 1. The molecular formula is C29H33N3O4. The monoisotopic (exact) mass is 487 g/mol. The number of esters is 1. The lowest BCUT2D eigenvalue weighted by Gasteiger charge is -2.47. The standard InChI is InChI=1S/C29H33N3O4/c1-3-4-5-6-9-16-31-18-25(33)32-24(28(31)34)17-22-21-10-7-8-11-23(21)30-26(22)27(32)19-12-14-20(15-13-19)29(35)36-2/h7-8,10-15,24,27,30H,3-6,9,16-18H2,1-2H3. The number of methoxy groups -OCH3 is 1. The molecule has 3 heterocycles. The number of aromatic amines is 1. The van der Waals surface area contributed by atoms with Crippen LogP contribution in [0.3, 0.4) is 0 Å². The number of fused-ring (bicyclic) bond motifs is 4. The topological polar surface area (TPSA) is 82.7 Å². The third-order valence-electron chi connectivity index (χ3n) is 7.52. The van der Waals surface area contributed by atoms with Crippen LogP contribution in [-0.2, 0) is 20.7 Å². The Hall–Kier alpha value is -3.61. The number of carbonyl (C=O) groups is 3. The minimum absolute atomic E-state index is 0.0252. The number of ether oxygens (including phenoxy) is 1. The van der Waals surface area contributed by atoms with Crippen molar-refractivity contribution in [3.8, 4) is 0 Å². The van der Waals surface area contributed by atoms with Crippen LogP contribution in [0, 0.1) is 0 Å². The zero-order valence-electron chi connectivity index (χ0n) is 21.0. The normalized spacial score (nSPS) is 19.4. The highest BCUT2D eigenvalue weighted by Gasteiger charge is 2.48. The zero-order valence-corrected chi connectivity index (χ0v) is 21.0. The molecule has 2 aliphatic heterocycles. The Morgan fingerprint density at radius 1 is 1.03 bits per heavy atom. The average Bonchev–Trinajstić information content (AvgIpc) is 3.28. The summed E-state index contributed by atoms with van der Waals surface area (Å²) in [7, 11) is 1.35. The Kier molecular flexibility index (Phi) is 6.81. The number of para-hydroxylation sites is 1. The van der Waals surface area contributed by atoms with Crippen LogP contribution in [0.2, 0.25) is 0 Å². The van der Waals surface area contributed by atoms with Crippen LogP contribution in [-0.4, -0.2) is 58.8 Å². The summed E-state index contributed by atoms with van der Waals surface area (Å²) < 4.78 is 4.84. The fourth-order valence-corrected chi connectivity index (χ4v) is 5.68. The molecule has 1 N–H and O–H groups in total. The van der Waals surface area contributed by atoms with Crippen LogP contribution in [0.4, 0.5) is 0 Å². The Morgan fingerprint density at radius 3 is 2.53 bits per heavy atom. The smallest absolute Gasteiger partial charge is 0.337 e. The van der Waals surface area contributed by atoms with E-state index in [1.54, 1.807) is 21.9 Å². The molecule has 1 fully saturated rings. The van der Waals surface area contributed by atoms with Gasteiger partial charge in [-0.1, -0.05) is 62.9 Å². The van der Waals surface area contributed by atoms with E-state index in [0.717, 1.165) is 47.0 Å². The molecule has 36 heavy (non-hydrogen) atoms. The van der Waals surface area contributed by atoms with Crippen molar-refractivity contribution in [3.05, 3.63) is 70.9 Å². The highest BCUT2D eigenvalue weighted by molar-refractivity contribution is 5.97. The molecule has 1 aromatic heterocycles. The first-order valence-electron chi connectivity index (χ1n) is 12.9. The molecule has 2 aliphatic rings. The van der Waals surface area contributed by atoms with Gasteiger partial charge in [0.05, 0.1) is 25.3 Å². The Labute approximate surface area is 211 Å². The fourth-order valence-electron chi connectivity index (χ4n) is 5.68. The lowest BCUT2D eigenvalue weighted by molar-refractivity contribution is -0.158. The van der Waals surface area contributed by atoms with E-state index in [1.165, 1.54) is 20.0 Å². The number of hydrogen-bond acceptors (Lipinski definition) is 4. The van der Waals surface area contributed by atoms with Crippen LogP contribution < -0.4 is 0 Å². The van der Waals surface area contributed by atoms with Crippen molar-refractivity contribution in [2.45, 2.75) is 57.5 Å². The van der Waals surface area contributed by atoms with Gasteiger partial charge in [0.15, 0.2) is 0 Å². The molecule has 1 saturated heterocycles. The van der Waals surface area contributed by atoms with Crippen molar-refractivity contribution in [3.63, 3.8) is 0 Å². The Bertz CT molecular complexity index is 1280. The van der Waals surface area contributed by atoms with Gasteiger partial charge in [-0.3, -0.25) is 9.59 Å². The summed E-state index contributed by atoms with van der Waals surface area (Å²) >= 11 is 0. The molecule has 7 nitrogen and oxygen atoms in total. The number of amides is 2. The molecule has 2 aromatic carbocycles. The van der Waals surface area contributed by atoms with Crippen molar-refractivity contribution in [1.29, 1.82) is 0 Å². The second-order valence-corrected chi connectivity index (χ2v) is 9.77. The Morgan fingerprint density at radius 2 is 1.78 bits per heavy atom. The van der Waals surface area contributed by atoms with Gasteiger partial charge in [0.2, 0.25) is 11.8 Å². The lowest BCUT2D eigenvalue weighted by Crippen LogP contribution is -2.63. The molecular weight excluding hydrogens is 454 g/mol. The first-order chi connectivity index (χ1) is 17.5. The van der Waals surface area contributed by atoms with E-state index in [9.17, 15) is 14.4 Å². The van der Waals surface area contributed by atoms with Crippen molar-refractivity contribution in [2.24, 2.45) is 0 Å². The van der Waals surface area contributed by atoms with E-state index in [0.29, 0.717) is 18.5 Å². The number of rotatable bonds is 8. The van der Waals surface area contributed by atoms with Gasteiger partial charge in [0.1, 0.15) is 6.04 Å². The van der Waals surface area contributed by atoms with Crippen LogP contribution in [0.1, 0.15) is 72.2 Å². The van der Waals surface area contributed by atoms with Crippen LogP contribution >= 0.6 is 0 Å². The van der Waals surface area contributed by atoms with Gasteiger partial charge >= 0.3 is 5.97 Å². The second kappa shape index (κ2) is 10.2. The molecule has 2 atom stereocenters. The summed E-state index contributed by atoms with van der Waals surface area (Å²) in [5, 5.41) is 1.08. The largest absolute Gasteiger partial charge is 0.465 e. The maximum atomic E-state index is 13.7. The molecule has 2 unspecified atom stereocenters. The van der Waals surface area contributed by atoms with Crippen LogP contribution in [0.25, 0.3) is 10.9 Å². The molecule has 7 heteroatoms. The summed E-state index contributed by atoms with van der Waals surface area (Å²) in [6.45, 7) is 2.91. The predicted molar refractivity (Wildman–Crippen MR) is 138 cm³/mol. The third kappa shape index (κ3) is 4.27. The van der Waals surface area contributed by atoms with Gasteiger partial charge in [0.25, 0.3) is 0 Å². The van der Waals surface area contributed by atoms with E-state index >= 15 is 0 Å². The molecule has 0 aliphatic carbocycles. The van der Waals surface area contributed by atoms with Crippen LogP contribution in [0.15, 0.2) is 48.5 Å². The fraction of sp³-hybridized carbons (Fsp3) is 0.414. The van der Waals surface area contributed by atoms with Gasteiger partial charge in [-0.15, -0.1) is 0 Å². The number of hydrogen-bond donors (Lipinski definition) is 1. The van der Waals surface area contributed by atoms with Gasteiger partial charge in [0, 0.05) is 29.6 Å². The molecule has 2 amide bonds. The van der Waals surface area contributed by atoms with Crippen molar-refractivity contribution in [1.82, 2.24) is 14.8 Å².